The lowest BCUT2D eigenvalue weighted by Gasteiger charge is -2.41. The summed E-state index contributed by atoms with van der Waals surface area (Å²) in [6, 6.07) is -2.42. The quantitative estimate of drug-likeness (QED) is 0.165. The van der Waals surface area contributed by atoms with Gasteiger partial charge in [-0.05, 0) is 19.9 Å². The second kappa shape index (κ2) is 10.6. The zero-order valence-corrected chi connectivity index (χ0v) is 17.2. The highest BCUT2D eigenvalue weighted by Crippen LogP contribution is 2.25. The monoisotopic (exact) mass is 431 g/mol. The van der Waals surface area contributed by atoms with Crippen molar-refractivity contribution in [1.29, 1.82) is 5.41 Å². The van der Waals surface area contributed by atoms with Gasteiger partial charge in [-0.1, -0.05) is 0 Å². The number of amides is 2. The number of nitrogens with zero attached hydrogens (tertiary/aromatic N) is 1. The van der Waals surface area contributed by atoms with Gasteiger partial charge in [0.25, 0.3) is 0 Å². The largest absolute Gasteiger partial charge is 0.477 e. The Kier molecular flexibility index (Phi) is 8.86. The average molecular weight is 431 g/mol. The van der Waals surface area contributed by atoms with Gasteiger partial charge in [-0.15, -0.1) is 0 Å². The Morgan fingerprint density at radius 3 is 2.40 bits per heavy atom. The fourth-order valence-corrected chi connectivity index (χ4v) is 2.72. The van der Waals surface area contributed by atoms with E-state index in [0.29, 0.717) is 0 Å². The second-order valence-electron chi connectivity index (χ2n) is 7.03. The van der Waals surface area contributed by atoms with Gasteiger partial charge in [0.2, 0.25) is 11.7 Å². The first-order chi connectivity index (χ1) is 13.9. The number of nitrogens with two attached hydrogens (primary N) is 1. The maximum absolute atomic E-state index is 12.4. The predicted molar refractivity (Wildman–Crippen MR) is 103 cm³/mol. The van der Waals surface area contributed by atoms with Crippen LogP contribution >= 0.6 is 0 Å². The molecular formula is C17H29N5O8. The zero-order chi connectivity index (χ0) is 23.2. The van der Waals surface area contributed by atoms with E-state index in [1.54, 1.807) is 13.8 Å². The summed E-state index contributed by atoms with van der Waals surface area (Å²) in [5.74, 6) is -3.12. The highest BCUT2D eigenvalue weighted by atomic mass is 16.6. The van der Waals surface area contributed by atoms with Crippen molar-refractivity contribution in [1.82, 2.24) is 15.5 Å². The minimum Gasteiger partial charge on any atom is -0.477 e. The Hall–Kier alpha value is -3.06. The summed E-state index contributed by atoms with van der Waals surface area (Å²) < 4.78 is 10.8. The zero-order valence-electron chi connectivity index (χ0n) is 17.2. The number of hydrogen-bond acceptors (Lipinski definition) is 8. The van der Waals surface area contributed by atoms with Gasteiger partial charge in [0.05, 0.1) is 18.7 Å². The van der Waals surface area contributed by atoms with E-state index in [2.05, 4.69) is 10.6 Å². The number of carbonyl (C=O) groups excluding carboxylic acids is 2. The molecule has 2 amide bonds. The molecule has 170 valence electrons. The van der Waals surface area contributed by atoms with Crippen LogP contribution in [0.3, 0.4) is 0 Å². The number of rotatable bonds is 8. The van der Waals surface area contributed by atoms with Crippen molar-refractivity contribution >= 4 is 23.9 Å². The number of carboxylic acids is 1. The SMILES string of the molecule is CC(=O)N[C@H]1[C@H]([C@H](OC(=O)N(C)C(C)C)[C@H](O)CO)OC(C(=O)O)=C[C@@H]1NC(=N)N. The van der Waals surface area contributed by atoms with Gasteiger partial charge in [0.15, 0.2) is 18.2 Å². The van der Waals surface area contributed by atoms with E-state index in [9.17, 15) is 29.7 Å². The molecule has 0 radical (unpaired) electrons. The highest BCUT2D eigenvalue weighted by Gasteiger charge is 2.46. The number of guanidine groups is 1. The van der Waals surface area contributed by atoms with Crippen molar-refractivity contribution < 1.29 is 39.2 Å². The number of aliphatic hydroxyl groups excluding tert-OH is 2. The van der Waals surface area contributed by atoms with Crippen LogP contribution in [0.4, 0.5) is 4.79 Å². The van der Waals surface area contributed by atoms with Gasteiger partial charge >= 0.3 is 12.1 Å². The number of ether oxygens (including phenoxy) is 2. The molecule has 0 bridgehead atoms. The maximum Gasteiger partial charge on any atom is 0.410 e. The molecule has 0 saturated heterocycles. The third-order valence-electron chi connectivity index (χ3n) is 4.43. The van der Waals surface area contributed by atoms with Crippen molar-refractivity contribution in [2.24, 2.45) is 5.73 Å². The summed E-state index contributed by atoms with van der Waals surface area (Å²) >= 11 is 0. The van der Waals surface area contributed by atoms with Gasteiger partial charge in [0, 0.05) is 20.0 Å². The lowest BCUT2D eigenvalue weighted by Crippen LogP contribution is -2.65. The topological polar surface area (TPSA) is 208 Å². The molecule has 1 rings (SSSR count). The Balaban J connectivity index is 3.41. The normalized spacial score (nSPS) is 22.8. The van der Waals surface area contributed by atoms with Gasteiger partial charge in [-0.3, -0.25) is 10.2 Å². The fraction of sp³-hybridized carbons (Fsp3) is 0.647. The first-order valence-electron chi connectivity index (χ1n) is 9.10. The number of hydrogen-bond donors (Lipinski definition) is 7. The summed E-state index contributed by atoms with van der Waals surface area (Å²) in [5.41, 5.74) is 5.36. The summed E-state index contributed by atoms with van der Waals surface area (Å²) in [4.78, 5) is 36.9. The van der Waals surface area contributed by atoms with Gasteiger partial charge < -0.3 is 46.1 Å². The standard InChI is InChI=1S/C17H29N5O8/c1-7(2)22(4)17(28)30-13(10(25)6-23)14-12(20-8(3)24)9(21-16(18)19)5-11(29-14)15(26)27/h5,7,9-10,12-14,23,25H,6H2,1-4H3,(H,20,24)(H,26,27)(H4,18,19,21)/t9-,10+,12+,13+,14+/m0/s1. The molecule has 30 heavy (non-hydrogen) atoms. The van der Waals surface area contributed by atoms with Gasteiger partial charge in [-0.25, -0.2) is 9.59 Å². The van der Waals surface area contributed by atoms with Crippen molar-refractivity contribution in [3.63, 3.8) is 0 Å². The first kappa shape index (κ1) is 25.0. The Morgan fingerprint density at radius 2 is 1.97 bits per heavy atom. The van der Waals surface area contributed by atoms with E-state index in [-0.39, 0.29) is 6.04 Å². The molecule has 5 atom stereocenters. The second-order valence-corrected chi connectivity index (χ2v) is 7.03. The number of carboxylic acid groups (broad SMARTS) is 1. The van der Waals surface area contributed by atoms with Crippen LogP contribution in [0.2, 0.25) is 0 Å². The van der Waals surface area contributed by atoms with Crippen LogP contribution < -0.4 is 16.4 Å². The van der Waals surface area contributed by atoms with Gasteiger partial charge in [-0.2, -0.15) is 0 Å². The van der Waals surface area contributed by atoms with Crippen LogP contribution in [-0.4, -0.2) is 94.2 Å². The Labute approximate surface area is 173 Å². The van der Waals surface area contributed by atoms with Crippen LogP contribution in [0.5, 0.6) is 0 Å². The number of carbonyl (C=O) groups is 3. The number of aliphatic carboxylic acids is 1. The van der Waals surface area contributed by atoms with Crippen molar-refractivity contribution in [3.05, 3.63) is 11.8 Å². The molecular weight excluding hydrogens is 402 g/mol. The van der Waals surface area contributed by atoms with Crippen LogP contribution in [0.1, 0.15) is 20.8 Å². The molecule has 0 aliphatic carbocycles. The molecule has 0 saturated carbocycles. The summed E-state index contributed by atoms with van der Waals surface area (Å²) in [6.07, 6.45) is -4.45. The van der Waals surface area contributed by atoms with E-state index in [4.69, 9.17) is 20.6 Å². The van der Waals surface area contributed by atoms with E-state index >= 15 is 0 Å². The van der Waals surface area contributed by atoms with Crippen LogP contribution in [-0.2, 0) is 19.1 Å². The maximum atomic E-state index is 12.4. The van der Waals surface area contributed by atoms with Crippen LogP contribution in [0, 0.1) is 5.41 Å². The molecule has 0 fully saturated rings. The van der Waals surface area contributed by atoms with Crippen LogP contribution in [0.15, 0.2) is 11.8 Å². The molecule has 13 nitrogen and oxygen atoms in total. The minimum absolute atomic E-state index is 0.260. The molecule has 1 aliphatic heterocycles. The van der Waals surface area contributed by atoms with Crippen molar-refractivity contribution in [2.75, 3.05) is 13.7 Å². The van der Waals surface area contributed by atoms with Crippen molar-refractivity contribution in [2.45, 2.75) is 57.2 Å². The molecule has 0 unspecified atom stereocenters. The summed E-state index contributed by atoms with van der Waals surface area (Å²) in [5, 5.41) is 41.6. The lowest BCUT2D eigenvalue weighted by atomic mass is 9.91. The first-order valence-corrected chi connectivity index (χ1v) is 9.10. The molecule has 0 aromatic carbocycles. The lowest BCUT2D eigenvalue weighted by molar-refractivity contribution is -0.147. The summed E-state index contributed by atoms with van der Waals surface area (Å²) in [6.45, 7) is 3.78. The third-order valence-corrected chi connectivity index (χ3v) is 4.43. The van der Waals surface area contributed by atoms with Crippen LogP contribution in [0.25, 0.3) is 0 Å². The fourth-order valence-electron chi connectivity index (χ4n) is 2.72. The van der Waals surface area contributed by atoms with Crippen molar-refractivity contribution in [3.8, 4) is 0 Å². The Bertz CT molecular complexity index is 698. The highest BCUT2D eigenvalue weighted by molar-refractivity contribution is 5.85. The third kappa shape index (κ3) is 6.49. The molecule has 8 N–H and O–H groups in total. The number of nitrogens with one attached hydrogen (secondary N) is 3. The molecule has 13 heteroatoms. The predicted octanol–water partition coefficient (Wildman–Crippen LogP) is -2.09. The smallest absolute Gasteiger partial charge is 0.410 e. The average Bonchev–Trinajstić information content (AvgIpc) is 2.64. The number of aliphatic hydroxyl groups is 2. The molecule has 0 aromatic rings. The van der Waals surface area contributed by atoms with E-state index < -0.39 is 66.7 Å². The van der Waals surface area contributed by atoms with E-state index in [1.165, 1.54) is 18.9 Å². The molecule has 1 heterocycles. The van der Waals surface area contributed by atoms with E-state index in [0.717, 1.165) is 6.08 Å². The molecule has 0 spiro atoms. The van der Waals surface area contributed by atoms with E-state index in [1.807, 2.05) is 0 Å². The minimum atomic E-state index is -1.66. The summed E-state index contributed by atoms with van der Waals surface area (Å²) in [7, 11) is 1.45. The van der Waals surface area contributed by atoms with Gasteiger partial charge in [0.1, 0.15) is 6.10 Å². The molecule has 1 aliphatic rings. The molecule has 0 aromatic heterocycles. The Morgan fingerprint density at radius 1 is 1.37 bits per heavy atom.